The van der Waals surface area contributed by atoms with E-state index < -0.39 is 35.6 Å². The van der Waals surface area contributed by atoms with Crippen LogP contribution >= 0.6 is 0 Å². The molecular weight excluding hydrogens is 422 g/mol. The maximum atomic E-state index is 13.6. The first-order chi connectivity index (χ1) is 14.3. The fourth-order valence-electron chi connectivity index (χ4n) is 3.49. The molecule has 0 spiro atoms. The van der Waals surface area contributed by atoms with Crippen LogP contribution in [0.5, 0.6) is 5.88 Å². The third-order valence-corrected chi connectivity index (χ3v) is 4.84. The average molecular weight is 443 g/mol. The van der Waals surface area contributed by atoms with Crippen LogP contribution < -0.4 is 15.8 Å². The van der Waals surface area contributed by atoms with Gasteiger partial charge in [0.15, 0.2) is 0 Å². The molecule has 2 aromatic rings. The quantitative estimate of drug-likeness (QED) is 0.638. The Morgan fingerprint density at radius 1 is 1.42 bits per heavy atom. The molecule has 1 unspecified atom stereocenters. The normalized spacial score (nSPS) is 18.1. The molecule has 1 aliphatic carbocycles. The van der Waals surface area contributed by atoms with Gasteiger partial charge in [-0.2, -0.15) is 8.78 Å². The Balaban J connectivity index is 1.91. The lowest BCUT2D eigenvalue weighted by atomic mass is 10.1. The number of halogens is 4. The van der Waals surface area contributed by atoms with Gasteiger partial charge < -0.3 is 15.8 Å². The first-order valence-corrected chi connectivity index (χ1v) is 9.44. The zero-order chi connectivity index (χ0) is 23.0. The molecule has 12 heteroatoms. The number of carbonyl (C=O) groups excluding carboxylic acids is 2. The predicted octanol–water partition coefficient (Wildman–Crippen LogP) is 3.36. The minimum absolute atomic E-state index is 0.0213. The molecule has 0 aromatic carbocycles. The van der Waals surface area contributed by atoms with Gasteiger partial charge in [0, 0.05) is 43.8 Å². The molecular formula is C19H21F4N5O3. The molecule has 31 heavy (non-hydrogen) atoms. The summed E-state index contributed by atoms with van der Waals surface area (Å²) < 4.78 is 59.6. The van der Waals surface area contributed by atoms with Crippen LogP contribution in [0.25, 0.3) is 0 Å². The summed E-state index contributed by atoms with van der Waals surface area (Å²) >= 11 is 0. The molecule has 0 bridgehead atoms. The van der Waals surface area contributed by atoms with E-state index in [1.807, 2.05) is 0 Å². The molecule has 2 heterocycles. The van der Waals surface area contributed by atoms with Gasteiger partial charge in [-0.1, -0.05) is 0 Å². The Morgan fingerprint density at radius 2 is 2.13 bits per heavy atom. The van der Waals surface area contributed by atoms with Crippen LogP contribution in [-0.4, -0.2) is 38.6 Å². The van der Waals surface area contributed by atoms with E-state index in [1.54, 1.807) is 0 Å². The van der Waals surface area contributed by atoms with Crippen molar-refractivity contribution in [2.45, 2.75) is 51.7 Å². The number of anilines is 1. The summed E-state index contributed by atoms with van der Waals surface area (Å²) in [5.74, 6) is -5.33. The monoisotopic (exact) mass is 443 g/mol. The van der Waals surface area contributed by atoms with Crippen LogP contribution in [0.2, 0.25) is 0 Å². The predicted molar refractivity (Wildman–Crippen MR) is 101 cm³/mol. The fourth-order valence-corrected chi connectivity index (χ4v) is 3.49. The maximum absolute atomic E-state index is 13.6. The number of amides is 2. The lowest BCUT2D eigenvalue weighted by Crippen LogP contribution is -2.22. The molecule has 8 nitrogen and oxygen atoms in total. The van der Waals surface area contributed by atoms with Gasteiger partial charge in [-0.15, -0.1) is 5.10 Å². The Bertz CT molecular complexity index is 1000. The fraction of sp³-hybridized carbons (Fsp3) is 0.474. The number of pyridine rings is 1. The van der Waals surface area contributed by atoms with Gasteiger partial charge in [-0.05, 0) is 31.4 Å². The number of carbonyl (C=O) groups is 2. The summed E-state index contributed by atoms with van der Waals surface area (Å²) in [6.45, 7) is 1.82. The summed E-state index contributed by atoms with van der Waals surface area (Å²) in [6.07, 6.45) is -2.77. The van der Waals surface area contributed by atoms with Crippen LogP contribution in [0.4, 0.5) is 23.2 Å². The van der Waals surface area contributed by atoms with E-state index in [-0.39, 0.29) is 48.4 Å². The van der Waals surface area contributed by atoms with Gasteiger partial charge in [0.25, 0.3) is 11.8 Å². The summed E-state index contributed by atoms with van der Waals surface area (Å²) in [4.78, 5) is 28.0. The summed E-state index contributed by atoms with van der Waals surface area (Å²) in [6, 6.07) is 2.64. The van der Waals surface area contributed by atoms with Crippen molar-refractivity contribution >= 4 is 17.5 Å². The van der Waals surface area contributed by atoms with E-state index in [0.29, 0.717) is 6.92 Å². The maximum Gasteiger partial charge on any atom is 0.396 e. The second kappa shape index (κ2) is 8.16. The molecule has 3 N–H and O–H groups in total. The highest BCUT2D eigenvalue weighted by atomic mass is 19.3. The standard InChI is InChI=1S/C19H21F4N5O3/c1-10-14(16(30)26-12-4-6-25-13(7-12)15(24)29)28(27-17(10)31-18(2,20)21)9-11-3-5-19(22,23)8-11/h4,6-7,11H,3,5,8-9H2,1-2H3,(H2,24,29)(H,25,26,30). The number of hydrogen-bond acceptors (Lipinski definition) is 5. The van der Waals surface area contributed by atoms with E-state index >= 15 is 0 Å². The van der Waals surface area contributed by atoms with Gasteiger partial charge in [-0.25, -0.2) is 8.78 Å². The number of nitrogens with two attached hydrogens (primary N) is 1. The van der Waals surface area contributed by atoms with Crippen LogP contribution in [0.1, 0.15) is 52.7 Å². The molecule has 2 amide bonds. The van der Waals surface area contributed by atoms with Gasteiger partial charge >= 0.3 is 6.11 Å². The van der Waals surface area contributed by atoms with Crippen molar-refractivity contribution in [1.29, 1.82) is 0 Å². The molecule has 2 aromatic heterocycles. The zero-order valence-corrected chi connectivity index (χ0v) is 16.8. The second-order valence-corrected chi connectivity index (χ2v) is 7.58. The summed E-state index contributed by atoms with van der Waals surface area (Å²) in [7, 11) is 0. The molecule has 0 radical (unpaired) electrons. The van der Waals surface area contributed by atoms with Crippen molar-refractivity contribution in [2.75, 3.05) is 5.32 Å². The van der Waals surface area contributed by atoms with E-state index in [4.69, 9.17) is 5.73 Å². The third kappa shape index (κ3) is 5.50. The number of ether oxygens (including phenoxy) is 1. The first-order valence-electron chi connectivity index (χ1n) is 9.44. The highest BCUT2D eigenvalue weighted by Gasteiger charge is 2.40. The molecule has 1 aliphatic rings. The van der Waals surface area contributed by atoms with E-state index in [9.17, 15) is 27.2 Å². The number of alkyl halides is 4. The zero-order valence-electron chi connectivity index (χ0n) is 16.8. The molecule has 1 atom stereocenters. The van der Waals surface area contributed by atoms with Crippen molar-refractivity contribution < 1.29 is 31.9 Å². The van der Waals surface area contributed by atoms with Crippen molar-refractivity contribution in [2.24, 2.45) is 11.7 Å². The first kappa shape index (κ1) is 22.5. The molecule has 0 aliphatic heterocycles. The Kier molecular flexibility index (Phi) is 5.92. The van der Waals surface area contributed by atoms with Crippen LogP contribution in [0.15, 0.2) is 18.3 Å². The van der Waals surface area contributed by atoms with Crippen molar-refractivity contribution in [3.8, 4) is 5.88 Å². The number of aromatic nitrogens is 3. The lowest BCUT2D eigenvalue weighted by molar-refractivity contribution is -0.161. The van der Waals surface area contributed by atoms with Crippen molar-refractivity contribution in [3.05, 3.63) is 35.3 Å². The van der Waals surface area contributed by atoms with Gasteiger partial charge in [0.1, 0.15) is 11.4 Å². The van der Waals surface area contributed by atoms with Crippen molar-refractivity contribution in [1.82, 2.24) is 14.8 Å². The molecule has 3 rings (SSSR count). The number of nitrogens with one attached hydrogen (secondary N) is 1. The Labute approximate surface area is 174 Å². The summed E-state index contributed by atoms with van der Waals surface area (Å²) in [5, 5.41) is 6.45. The van der Waals surface area contributed by atoms with Crippen LogP contribution in [0.3, 0.4) is 0 Å². The van der Waals surface area contributed by atoms with Gasteiger partial charge in [-0.3, -0.25) is 19.3 Å². The molecule has 1 fully saturated rings. The van der Waals surface area contributed by atoms with E-state index in [1.165, 1.54) is 25.3 Å². The Morgan fingerprint density at radius 3 is 2.71 bits per heavy atom. The number of primary amides is 1. The highest BCUT2D eigenvalue weighted by molar-refractivity contribution is 6.05. The number of rotatable bonds is 7. The number of nitrogens with zero attached hydrogens (tertiary/aromatic N) is 3. The third-order valence-electron chi connectivity index (χ3n) is 4.84. The Hall–Kier alpha value is -3.18. The molecule has 0 saturated heterocycles. The minimum Gasteiger partial charge on any atom is -0.413 e. The van der Waals surface area contributed by atoms with Gasteiger partial charge in [0.05, 0.1) is 0 Å². The minimum atomic E-state index is -3.56. The number of hydrogen-bond donors (Lipinski definition) is 2. The van der Waals surface area contributed by atoms with Crippen molar-refractivity contribution in [3.63, 3.8) is 0 Å². The smallest absolute Gasteiger partial charge is 0.396 e. The lowest BCUT2D eigenvalue weighted by Gasteiger charge is -2.13. The SMILES string of the molecule is Cc1c(OC(C)(F)F)nn(CC2CCC(F)(F)C2)c1C(=O)Nc1ccnc(C(N)=O)c1. The van der Waals surface area contributed by atoms with Crippen LogP contribution in [0, 0.1) is 12.8 Å². The van der Waals surface area contributed by atoms with E-state index in [0.717, 1.165) is 4.68 Å². The largest absolute Gasteiger partial charge is 0.413 e. The van der Waals surface area contributed by atoms with Crippen LogP contribution in [-0.2, 0) is 6.54 Å². The molecule has 168 valence electrons. The van der Waals surface area contributed by atoms with E-state index in [2.05, 4.69) is 20.1 Å². The summed E-state index contributed by atoms with van der Waals surface area (Å²) in [5.41, 5.74) is 5.16. The topological polar surface area (TPSA) is 112 Å². The molecule has 1 saturated carbocycles. The average Bonchev–Trinajstić information content (AvgIpc) is 3.12. The highest BCUT2D eigenvalue weighted by Crippen LogP contribution is 2.40. The second-order valence-electron chi connectivity index (χ2n) is 7.58. The van der Waals surface area contributed by atoms with Gasteiger partial charge in [0.2, 0.25) is 11.8 Å².